The van der Waals surface area contributed by atoms with Gasteiger partial charge in [0.15, 0.2) is 5.69 Å². The number of nitrogens with zero attached hydrogens (tertiary/aromatic N) is 2. The number of carbonyl (C=O) groups is 3. The number of benzene rings is 4. The Bertz CT molecular complexity index is 2250. The van der Waals surface area contributed by atoms with Gasteiger partial charge in [-0.25, -0.2) is 24.4 Å². The number of amides is 2. The first-order valence-electron chi connectivity index (χ1n) is 20.8. The SMILES string of the molecule is CC(C)(C)OC(=O)Nc1cnc(Cl)c(Cl)c1.CCOC(=O)c1ncc(NC(=O)OC(C)(C)C)cc1Cl.c1ccc(P(CCCP(c2ccccc2)c2ccccc2)c2ccccc2)cc1. The summed E-state index contributed by atoms with van der Waals surface area (Å²) in [4.78, 5) is 42.1. The Morgan fingerprint density at radius 2 is 0.908 bits per heavy atom. The minimum atomic E-state index is -0.626. The minimum Gasteiger partial charge on any atom is -0.461 e. The fourth-order valence-electron chi connectivity index (χ4n) is 5.82. The highest BCUT2D eigenvalue weighted by Crippen LogP contribution is 2.39. The van der Waals surface area contributed by atoms with Crippen LogP contribution in [-0.2, 0) is 14.2 Å². The maximum Gasteiger partial charge on any atom is 0.412 e. The zero-order valence-corrected chi connectivity index (χ0v) is 41.6. The Hall–Kier alpha value is -5.08. The number of rotatable bonds is 12. The van der Waals surface area contributed by atoms with Crippen LogP contribution in [0.2, 0.25) is 15.2 Å². The quantitative estimate of drug-likeness (QED) is 0.0537. The molecule has 0 bridgehead atoms. The fraction of sp³-hybridized carbons (Fsp3) is 0.260. The molecule has 0 aliphatic carbocycles. The van der Waals surface area contributed by atoms with Gasteiger partial charge >= 0.3 is 18.2 Å². The summed E-state index contributed by atoms with van der Waals surface area (Å²) in [6.07, 6.45) is 5.24. The van der Waals surface area contributed by atoms with Crippen LogP contribution >= 0.6 is 50.6 Å². The van der Waals surface area contributed by atoms with E-state index in [0.717, 1.165) is 0 Å². The maximum atomic E-state index is 11.6. The molecule has 65 heavy (non-hydrogen) atoms. The zero-order chi connectivity index (χ0) is 47.4. The Morgan fingerprint density at radius 3 is 1.23 bits per heavy atom. The summed E-state index contributed by atoms with van der Waals surface area (Å²) in [6.45, 7) is 12.5. The molecule has 0 spiro atoms. The number of ether oxygens (including phenoxy) is 3. The fourth-order valence-corrected chi connectivity index (χ4v) is 11.3. The van der Waals surface area contributed by atoms with E-state index in [1.165, 1.54) is 64.5 Å². The molecule has 2 N–H and O–H groups in total. The molecule has 0 aliphatic heterocycles. The van der Waals surface area contributed by atoms with Crippen molar-refractivity contribution in [2.24, 2.45) is 0 Å². The van der Waals surface area contributed by atoms with Crippen LogP contribution in [0, 0.1) is 0 Å². The molecule has 15 heteroatoms. The van der Waals surface area contributed by atoms with E-state index in [1.54, 1.807) is 48.5 Å². The molecule has 0 fully saturated rings. The van der Waals surface area contributed by atoms with Crippen LogP contribution in [0.25, 0.3) is 0 Å². The molecule has 0 saturated heterocycles. The molecule has 4 aromatic carbocycles. The van der Waals surface area contributed by atoms with Gasteiger partial charge in [0.2, 0.25) is 0 Å². The van der Waals surface area contributed by atoms with Crippen LogP contribution in [0.15, 0.2) is 146 Å². The molecule has 10 nitrogen and oxygen atoms in total. The Labute approximate surface area is 400 Å². The number of esters is 1. The van der Waals surface area contributed by atoms with Crippen LogP contribution in [0.5, 0.6) is 0 Å². The van der Waals surface area contributed by atoms with Crippen LogP contribution in [-0.4, -0.2) is 58.3 Å². The Balaban J connectivity index is 0.000000226. The lowest BCUT2D eigenvalue weighted by Gasteiger charge is -2.22. The molecule has 6 aromatic rings. The van der Waals surface area contributed by atoms with Gasteiger partial charge in [0, 0.05) is 0 Å². The third kappa shape index (κ3) is 19.1. The normalized spacial score (nSPS) is 11.0. The van der Waals surface area contributed by atoms with E-state index in [4.69, 9.17) is 49.0 Å². The van der Waals surface area contributed by atoms with E-state index in [1.807, 2.05) is 0 Å². The number of pyridine rings is 2. The molecular formula is C50H55Cl3N4O6P2. The van der Waals surface area contributed by atoms with Crippen LogP contribution in [0.1, 0.15) is 65.4 Å². The second kappa shape index (κ2) is 26.2. The van der Waals surface area contributed by atoms with Crippen LogP contribution in [0.3, 0.4) is 0 Å². The van der Waals surface area contributed by atoms with Gasteiger partial charge in [-0.05, 0) is 116 Å². The highest BCUT2D eigenvalue weighted by Gasteiger charge is 2.20. The smallest absolute Gasteiger partial charge is 0.412 e. The van der Waals surface area contributed by atoms with Crippen molar-refractivity contribution >= 4 is 101 Å². The minimum absolute atomic E-state index is 0.00301. The standard InChI is InChI=1S/C27H26P2.C13H17ClN2O4.C10H12Cl2N2O2/c1-5-14-24(15-6-1)28(25-16-7-2-8-17-25)22-13-23-29(26-18-9-3-10-19-26)27-20-11-4-12-21-27;1-5-19-11(17)10-9(14)6-8(7-15-10)16-12(18)20-13(2,3)4;1-10(2,3)16-9(15)14-6-4-7(11)8(12)13-5-6/h1-12,14-21H,13,22-23H2;6-7H,5H2,1-4H3,(H,16,18);4-5H,1-3H3,(H,14,15). The summed E-state index contributed by atoms with van der Waals surface area (Å²) in [6, 6.07) is 47.2. The molecule has 0 saturated carbocycles. The molecule has 342 valence electrons. The molecule has 2 heterocycles. The molecule has 0 atom stereocenters. The number of hydrogen-bond donors (Lipinski definition) is 2. The van der Waals surface area contributed by atoms with E-state index in [2.05, 4.69) is 142 Å². The van der Waals surface area contributed by atoms with Crippen molar-refractivity contribution in [2.45, 2.75) is 66.1 Å². The first-order valence-corrected chi connectivity index (χ1v) is 25.0. The van der Waals surface area contributed by atoms with Gasteiger partial charge in [0.1, 0.15) is 16.4 Å². The lowest BCUT2D eigenvalue weighted by molar-refractivity contribution is 0.0518. The van der Waals surface area contributed by atoms with Gasteiger partial charge < -0.3 is 14.2 Å². The zero-order valence-electron chi connectivity index (χ0n) is 37.6. The molecular weight excluding hydrogens is 921 g/mol. The van der Waals surface area contributed by atoms with E-state index < -0.39 is 29.4 Å². The molecule has 0 radical (unpaired) electrons. The predicted octanol–water partition coefficient (Wildman–Crippen LogP) is 12.6. The Kier molecular flexibility index (Phi) is 21.1. The number of halogens is 3. The second-order valence-electron chi connectivity index (χ2n) is 16.0. The maximum absolute atomic E-state index is 11.6. The highest BCUT2D eigenvalue weighted by molar-refractivity contribution is 7.74. The van der Waals surface area contributed by atoms with Crippen LogP contribution < -0.4 is 31.9 Å². The molecule has 6 rings (SSSR count). The van der Waals surface area contributed by atoms with Gasteiger partial charge in [-0.1, -0.05) is 156 Å². The van der Waals surface area contributed by atoms with Crippen molar-refractivity contribution in [3.8, 4) is 0 Å². The average molecular weight is 976 g/mol. The highest BCUT2D eigenvalue weighted by atomic mass is 35.5. The summed E-state index contributed by atoms with van der Waals surface area (Å²) in [5.74, 6) is -0.610. The Morgan fingerprint density at radius 1 is 0.554 bits per heavy atom. The number of nitrogens with one attached hydrogen (secondary N) is 2. The second-order valence-corrected chi connectivity index (χ2v) is 21.9. The van der Waals surface area contributed by atoms with Crippen molar-refractivity contribution in [3.63, 3.8) is 0 Å². The molecule has 0 unspecified atom stereocenters. The van der Waals surface area contributed by atoms with Gasteiger partial charge in [-0.15, -0.1) is 0 Å². The van der Waals surface area contributed by atoms with E-state index in [0.29, 0.717) is 11.4 Å². The first kappa shape index (κ1) is 52.5. The van der Waals surface area contributed by atoms with Gasteiger partial charge in [0.25, 0.3) is 0 Å². The van der Waals surface area contributed by atoms with Gasteiger partial charge in [0.05, 0.1) is 40.4 Å². The monoisotopic (exact) mass is 974 g/mol. The largest absolute Gasteiger partial charge is 0.461 e. The molecule has 2 amide bonds. The van der Waals surface area contributed by atoms with Crippen molar-refractivity contribution in [1.29, 1.82) is 0 Å². The number of anilines is 2. The lowest BCUT2D eigenvalue weighted by atomic mass is 10.2. The predicted molar refractivity (Wildman–Crippen MR) is 272 cm³/mol. The van der Waals surface area contributed by atoms with Crippen molar-refractivity contribution in [1.82, 2.24) is 9.97 Å². The van der Waals surface area contributed by atoms with Gasteiger partial charge in [-0.2, -0.15) is 0 Å². The lowest BCUT2D eigenvalue weighted by Crippen LogP contribution is -2.27. The average Bonchev–Trinajstić information content (AvgIpc) is 3.25. The third-order valence-electron chi connectivity index (χ3n) is 8.43. The summed E-state index contributed by atoms with van der Waals surface area (Å²) in [7, 11) is -0.618. The number of aromatic nitrogens is 2. The number of hydrogen-bond acceptors (Lipinski definition) is 8. The van der Waals surface area contributed by atoms with E-state index >= 15 is 0 Å². The molecule has 0 aliphatic rings. The topological polar surface area (TPSA) is 129 Å². The first-order chi connectivity index (χ1) is 30.9. The van der Waals surface area contributed by atoms with Crippen LogP contribution in [0.4, 0.5) is 21.0 Å². The summed E-state index contributed by atoms with van der Waals surface area (Å²) in [5, 5.41) is 11.5. The molecule has 2 aromatic heterocycles. The summed E-state index contributed by atoms with van der Waals surface area (Å²) >= 11 is 17.3. The summed E-state index contributed by atoms with van der Waals surface area (Å²) < 4.78 is 14.9. The van der Waals surface area contributed by atoms with E-state index in [-0.39, 0.29) is 43.3 Å². The van der Waals surface area contributed by atoms with Crippen molar-refractivity contribution in [3.05, 3.63) is 167 Å². The summed E-state index contributed by atoms with van der Waals surface area (Å²) in [5.41, 5.74) is -0.385. The van der Waals surface area contributed by atoms with Crippen molar-refractivity contribution in [2.75, 3.05) is 29.6 Å². The number of carbonyl (C=O) groups excluding carboxylic acids is 3. The van der Waals surface area contributed by atoms with E-state index in [9.17, 15) is 14.4 Å². The van der Waals surface area contributed by atoms with Crippen molar-refractivity contribution < 1.29 is 28.6 Å². The van der Waals surface area contributed by atoms with Gasteiger partial charge in [-0.3, -0.25) is 10.6 Å². The third-order valence-corrected chi connectivity index (χ3v) is 14.6.